The van der Waals surface area contributed by atoms with Crippen LogP contribution in [0.2, 0.25) is 0 Å². The Kier molecular flexibility index (Phi) is 3.38. The average Bonchev–Trinajstić information content (AvgIpc) is 3.16. The van der Waals surface area contributed by atoms with Crippen LogP contribution < -0.4 is 0 Å². The summed E-state index contributed by atoms with van der Waals surface area (Å²) in [6, 6.07) is 10.6. The van der Waals surface area contributed by atoms with E-state index >= 15 is 0 Å². The van der Waals surface area contributed by atoms with E-state index in [1.807, 2.05) is 11.3 Å². The molecule has 0 bridgehead atoms. The number of thiophene rings is 1. The highest BCUT2D eigenvalue weighted by molar-refractivity contribution is 9.10. The van der Waals surface area contributed by atoms with Crippen LogP contribution in [0.4, 0.5) is 0 Å². The molecule has 21 heavy (non-hydrogen) atoms. The molecule has 108 valence electrons. The molecule has 2 aliphatic rings. The van der Waals surface area contributed by atoms with E-state index in [4.69, 9.17) is 0 Å². The monoisotopic (exact) mass is 361 g/mol. The van der Waals surface area contributed by atoms with Gasteiger partial charge in [0.2, 0.25) is 5.91 Å². The summed E-state index contributed by atoms with van der Waals surface area (Å²) in [7, 11) is 0. The molecular formula is C17H16BrNOS. The highest BCUT2D eigenvalue weighted by atomic mass is 79.9. The molecule has 1 aliphatic carbocycles. The molecule has 0 radical (unpaired) electrons. The molecule has 1 aromatic heterocycles. The second kappa shape index (κ2) is 5.25. The highest BCUT2D eigenvalue weighted by Crippen LogP contribution is 2.49. The van der Waals surface area contributed by atoms with Crippen LogP contribution >= 0.6 is 27.3 Å². The van der Waals surface area contributed by atoms with Gasteiger partial charge in [-0.1, -0.05) is 28.1 Å². The van der Waals surface area contributed by atoms with Gasteiger partial charge in [0, 0.05) is 28.4 Å². The van der Waals surface area contributed by atoms with Crippen molar-refractivity contribution >= 4 is 33.2 Å². The minimum absolute atomic E-state index is 0.200. The molecule has 2 unspecified atom stereocenters. The Labute approximate surface area is 136 Å². The summed E-state index contributed by atoms with van der Waals surface area (Å²) in [5.74, 6) is 0.973. The number of fused-ring (bicyclic) bond motifs is 1. The molecule has 0 saturated heterocycles. The van der Waals surface area contributed by atoms with Crippen LogP contribution in [0.3, 0.4) is 0 Å². The SMILES string of the molecule is O=C(C1CC1c1ccc(Br)cc1)N1CCc2sccc2C1. The Morgan fingerprint density at radius 3 is 2.86 bits per heavy atom. The predicted molar refractivity (Wildman–Crippen MR) is 88.4 cm³/mol. The van der Waals surface area contributed by atoms with E-state index in [1.165, 1.54) is 16.0 Å². The maximum atomic E-state index is 12.7. The van der Waals surface area contributed by atoms with Crippen LogP contribution in [-0.4, -0.2) is 17.4 Å². The minimum atomic E-state index is 0.200. The Morgan fingerprint density at radius 1 is 1.24 bits per heavy atom. The lowest BCUT2D eigenvalue weighted by Crippen LogP contribution is -2.36. The zero-order chi connectivity index (χ0) is 14.4. The molecule has 2 nitrogen and oxygen atoms in total. The molecule has 4 rings (SSSR count). The molecule has 1 amide bonds. The zero-order valence-corrected chi connectivity index (χ0v) is 14.0. The van der Waals surface area contributed by atoms with Gasteiger partial charge in [-0.15, -0.1) is 11.3 Å². The van der Waals surface area contributed by atoms with E-state index in [1.54, 1.807) is 0 Å². The maximum Gasteiger partial charge on any atom is 0.226 e. The Morgan fingerprint density at radius 2 is 2.05 bits per heavy atom. The molecule has 1 fully saturated rings. The number of halogens is 1. The fourth-order valence-electron chi connectivity index (χ4n) is 3.22. The number of benzene rings is 1. The van der Waals surface area contributed by atoms with Crippen LogP contribution in [0.15, 0.2) is 40.2 Å². The molecule has 4 heteroatoms. The molecule has 2 heterocycles. The van der Waals surface area contributed by atoms with Crippen molar-refractivity contribution in [2.75, 3.05) is 6.54 Å². The molecule has 1 aliphatic heterocycles. The molecule has 0 spiro atoms. The van der Waals surface area contributed by atoms with Gasteiger partial charge in [-0.05, 0) is 53.5 Å². The fraction of sp³-hybridized carbons (Fsp3) is 0.353. The van der Waals surface area contributed by atoms with Crippen LogP contribution in [0, 0.1) is 5.92 Å². The van der Waals surface area contributed by atoms with Crippen molar-refractivity contribution in [2.45, 2.75) is 25.3 Å². The van der Waals surface area contributed by atoms with Crippen molar-refractivity contribution in [3.05, 3.63) is 56.2 Å². The van der Waals surface area contributed by atoms with Crippen LogP contribution in [-0.2, 0) is 17.8 Å². The summed E-state index contributed by atoms with van der Waals surface area (Å²) in [5.41, 5.74) is 2.64. The van der Waals surface area contributed by atoms with Gasteiger partial charge in [0.15, 0.2) is 0 Å². The second-order valence-corrected chi connectivity index (χ2v) is 7.80. The zero-order valence-electron chi connectivity index (χ0n) is 11.6. The molecule has 2 aromatic rings. The largest absolute Gasteiger partial charge is 0.338 e. The van der Waals surface area contributed by atoms with Crippen molar-refractivity contribution in [3.8, 4) is 0 Å². The van der Waals surface area contributed by atoms with Crippen molar-refractivity contribution in [1.29, 1.82) is 0 Å². The first-order chi connectivity index (χ1) is 10.2. The van der Waals surface area contributed by atoms with Crippen molar-refractivity contribution in [1.82, 2.24) is 4.90 Å². The number of nitrogens with zero attached hydrogens (tertiary/aromatic N) is 1. The summed E-state index contributed by atoms with van der Waals surface area (Å²) in [6.45, 7) is 1.69. The summed E-state index contributed by atoms with van der Waals surface area (Å²) in [4.78, 5) is 16.2. The third-order valence-corrected chi connectivity index (χ3v) is 6.08. The molecule has 0 N–H and O–H groups in total. The Balaban J connectivity index is 1.44. The number of hydrogen-bond donors (Lipinski definition) is 0. The smallest absolute Gasteiger partial charge is 0.226 e. The quantitative estimate of drug-likeness (QED) is 0.784. The van der Waals surface area contributed by atoms with Crippen LogP contribution in [0.25, 0.3) is 0 Å². The topological polar surface area (TPSA) is 20.3 Å². The number of hydrogen-bond acceptors (Lipinski definition) is 2. The summed E-state index contributed by atoms with van der Waals surface area (Å²) in [6.07, 6.45) is 2.03. The van der Waals surface area contributed by atoms with Crippen molar-refractivity contribution in [3.63, 3.8) is 0 Å². The first-order valence-electron chi connectivity index (χ1n) is 7.32. The lowest BCUT2D eigenvalue weighted by Gasteiger charge is -2.27. The lowest BCUT2D eigenvalue weighted by molar-refractivity contribution is -0.133. The van der Waals surface area contributed by atoms with E-state index < -0.39 is 0 Å². The normalized spacial score (nSPS) is 23.8. The Hall–Kier alpha value is -1.13. The van der Waals surface area contributed by atoms with Gasteiger partial charge >= 0.3 is 0 Å². The number of amides is 1. The van der Waals surface area contributed by atoms with E-state index in [9.17, 15) is 4.79 Å². The third-order valence-electron chi connectivity index (χ3n) is 4.53. The molecular weight excluding hydrogens is 346 g/mol. The van der Waals surface area contributed by atoms with Gasteiger partial charge in [0.25, 0.3) is 0 Å². The first-order valence-corrected chi connectivity index (χ1v) is 8.99. The summed E-state index contributed by atoms with van der Waals surface area (Å²) >= 11 is 5.28. The molecule has 1 aromatic carbocycles. The highest BCUT2D eigenvalue weighted by Gasteiger charge is 2.46. The van der Waals surface area contributed by atoms with E-state index in [2.05, 4.69) is 56.5 Å². The summed E-state index contributed by atoms with van der Waals surface area (Å²) in [5, 5.41) is 2.14. The van der Waals surface area contributed by atoms with Crippen LogP contribution in [0.1, 0.15) is 28.3 Å². The van der Waals surface area contributed by atoms with Crippen molar-refractivity contribution < 1.29 is 4.79 Å². The molecule has 2 atom stereocenters. The second-order valence-electron chi connectivity index (χ2n) is 5.88. The van der Waals surface area contributed by atoms with Gasteiger partial charge in [-0.3, -0.25) is 4.79 Å². The minimum Gasteiger partial charge on any atom is -0.338 e. The van der Waals surface area contributed by atoms with Gasteiger partial charge in [0.1, 0.15) is 0 Å². The number of carbonyl (C=O) groups excluding carboxylic acids is 1. The third kappa shape index (κ3) is 2.55. The van der Waals surface area contributed by atoms with Gasteiger partial charge in [-0.25, -0.2) is 0 Å². The van der Waals surface area contributed by atoms with E-state index in [0.717, 1.165) is 30.4 Å². The number of rotatable bonds is 2. The standard InChI is InChI=1S/C17H16BrNOS/c18-13-3-1-11(2-4-13)14-9-15(14)17(20)19-7-5-16-12(10-19)6-8-21-16/h1-4,6,8,14-15H,5,7,9-10H2. The maximum absolute atomic E-state index is 12.7. The fourth-order valence-corrected chi connectivity index (χ4v) is 4.37. The predicted octanol–water partition coefficient (Wildman–Crippen LogP) is 4.20. The molecule has 1 saturated carbocycles. The van der Waals surface area contributed by atoms with Crippen molar-refractivity contribution in [2.24, 2.45) is 5.92 Å². The average molecular weight is 362 g/mol. The number of carbonyl (C=O) groups is 1. The van der Waals surface area contributed by atoms with E-state index in [0.29, 0.717) is 11.8 Å². The Bertz CT molecular complexity index is 678. The van der Waals surface area contributed by atoms with E-state index in [-0.39, 0.29) is 5.92 Å². The van der Waals surface area contributed by atoms with Gasteiger partial charge in [-0.2, -0.15) is 0 Å². The van der Waals surface area contributed by atoms with Gasteiger partial charge in [0.05, 0.1) is 0 Å². The van der Waals surface area contributed by atoms with Gasteiger partial charge < -0.3 is 4.90 Å². The van der Waals surface area contributed by atoms with Crippen LogP contribution in [0.5, 0.6) is 0 Å². The summed E-state index contributed by atoms with van der Waals surface area (Å²) < 4.78 is 1.09. The lowest BCUT2D eigenvalue weighted by atomic mass is 10.1. The first kappa shape index (κ1) is 13.5.